The van der Waals surface area contributed by atoms with Crippen molar-refractivity contribution in [1.29, 1.82) is 0 Å². The SMILES string of the molecule is O=C(O)c1cnc(C(=O)Oc2cccc(C(F)(F)F)c2)cn1. The first kappa shape index (κ1) is 15.4. The number of ether oxygens (including phenoxy) is 1. The first-order valence-corrected chi connectivity index (χ1v) is 5.72. The summed E-state index contributed by atoms with van der Waals surface area (Å²) in [7, 11) is 0. The maximum absolute atomic E-state index is 12.5. The predicted molar refractivity (Wildman–Crippen MR) is 65.4 cm³/mol. The van der Waals surface area contributed by atoms with Gasteiger partial charge in [-0.25, -0.2) is 19.6 Å². The molecular weight excluding hydrogens is 305 g/mol. The summed E-state index contributed by atoms with van der Waals surface area (Å²) in [6.45, 7) is 0. The third kappa shape index (κ3) is 3.57. The van der Waals surface area contributed by atoms with Crippen LogP contribution in [-0.4, -0.2) is 27.0 Å². The van der Waals surface area contributed by atoms with Gasteiger partial charge in [0.25, 0.3) is 0 Å². The van der Waals surface area contributed by atoms with Crippen molar-refractivity contribution in [2.24, 2.45) is 0 Å². The average Bonchev–Trinajstić information content (AvgIpc) is 2.46. The molecule has 0 unspecified atom stereocenters. The van der Waals surface area contributed by atoms with E-state index < -0.39 is 23.7 Å². The van der Waals surface area contributed by atoms with Gasteiger partial charge in [0.1, 0.15) is 5.75 Å². The van der Waals surface area contributed by atoms with Crippen LogP contribution in [0, 0.1) is 0 Å². The number of alkyl halides is 3. The molecule has 0 aliphatic carbocycles. The summed E-state index contributed by atoms with van der Waals surface area (Å²) in [5.74, 6) is -2.70. The van der Waals surface area contributed by atoms with Crippen molar-refractivity contribution in [2.45, 2.75) is 6.18 Å². The number of carboxylic acids is 1. The lowest BCUT2D eigenvalue weighted by atomic mass is 10.2. The highest BCUT2D eigenvalue weighted by molar-refractivity contribution is 5.90. The molecule has 0 saturated carbocycles. The number of hydrogen-bond donors (Lipinski definition) is 1. The normalized spacial score (nSPS) is 11.0. The third-order valence-corrected chi connectivity index (χ3v) is 2.45. The number of esters is 1. The Labute approximate surface area is 121 Å². The number of carbonyl (C=O) groups excluding carboxylic acids is 1. The zero-order valence-electron chi connectivity index (χ0n) is 10.7. The number of nitrogens with zero attached hydrogens (tertiary/aromatic N) is 2. The summed E-state index contributed by atoms with van der Waals surface area (Å²) in [5, 5.41) is 8.63. The summed E-state index contributed by atoms with van der Waals surface area (Å²) in [6.07, 6.45) is -2.87. The predicted octanol–water partition coefficient (Wildman–Crippen LogP) is 2.41. The van der Waals surface area contributed by atoms with E-state index >= 15 is 0 Å². The largest absolute Gasteiger partial charge is 0.476 e. The molecule has 0 aliphatic heterocycles. The van der Waals surface area contributed by atoms with Gasteiger partial charge >= 0.3 is 18.1 Å². The molecule has 0 spiro atoms. The van der Waals surface area contributed by atoms with Crippen LogP contribution in [0.4, 0.5) is 13.2 Å². The Morgan fingerprint density at radius 3 is 2.27 bits per heavy atom. The smallest absolute Gasteiger partial charge is 0.416 e. The van der Waals surface area contributed by atoms with Gasteiger partial charge in [-0.05, 0) is 18.2 Å². The van der Waals surface area contributed by atoms with Crippen LogP contribution < -0.4 is 4.74 Å². The molecule has 0 bridgehead atoms. The van der Waals surface area contributed by atoms with Crippen molar-refractivity contribution >= 4 is 11.9 Å². The maximum atomic E-state index is 12.5. The molecule has 2 rings (SSSR count). The van der Waals surface area contributed by atoms with Crippen LogP contribution in [0.25, 0.3) is 0 Å². The number of carboxylic acid groups (broad SMARTS) is 1. The van der Waals surface area contributed by atoms with E-state index in [1.807, 2.05) is 0 Å². The zero-order valence-corrected chi connectivity index (χ0v) is 10.7. The number of aromatic carboxylic acids is 1. The molecule has 22 heavy (non-hydrogen) atoms. The zero-order chi connectivity index (χ0) is 16.3. The molecule has 0 atom stereocenters. The molecule has 0 radical (unpaired) electrons. The van der Waals surface area contributed by atoms with Gasteiger partial charge in [-0.1, -0.05) is 6.07 Å². The van der Waals surface area contributed by atoms with E-state index in [9.17, 15) is 22.8 Å². The molecule has 0 saturated heterocycles. The van der Waals surface area contributed by atoms with E-state index in [0.29, 0.717) is 6.07 Å². The topological polar surface area (TPSA) is 89.4 Å². The number of rotatable bonds is 3. The molecule has 9 heteroatoms. The van der Waals surface area contributed by atoms with Crippen molar-refractivity contribution in [3.8, 4) is 5.75 Å². The minimum absolute atomic E-state index is 0.316. The second kappa shape index (κ2) is 5.80. The van der Waals surface area contributed by atoms with Gasteiger partial charge < -0.3 is 9.84 Å². The summed E-state index contributed by atoms with van der Waals surface area (Å²) in [6, 6.07) is 3.76. The van der Waals surface area contributed by atoms with Crippen LogP contribution in [0.5, 0.6) is 5.75 Å². The van der Waals surface area contributed by atoms with Crippen LogP contribution in [0.3, 0.4) is 0 Å². The molecule has 0 fully saturated rings. The van der Waals surface area contributed by atoms with Crippen molar-refractivity contribution in [1.82, 2.24) is 9.97 Å². The molecule has 1 aromatic heterocycles. The van der Waals surface area contributed by atoms with E-state index in [2.05, 4.69) is 9.97 Å². The molecule has 1 aromatic carbocycles. The minimum atomic E-state index is -4.56. The van der Waals surface area contributed by atoms with Gasteiger partial charge in [-0.3, -0.25) is 0 Å². The van der Waals surface area contributed by atoms with E-state index in [4.69, 9.17) is 9.84 Å². The van der Waals surface area contributed by atoms with E-state index in [-0.39, 0.29) is 17.1 Å². The highest BCUT2D eigenvalue weighted by Crippen LogP contribution is 2.31. The van der Waals surface area contributed by atoms with Crippen molar-refractivity contribution < 1.29 is 32.6 Å². The molecule has 0 aliphatic rings. The van der Waals surface area contributed by atoms with Gasteiger partial charge in [0.2, 0.25) is 0 Å². The lowest BCUT2D eigenvalue weighted by Crippen LogP contribution is -2.13. The van der Waals surface area contributed by atoms with E-state index in [0.717, 1.165) is 24.5 Å². The second-order valence-electron chi connectivity index (χ2n) is 4.01. The molecule has 114 valence electrons. The van der Waals surface area contributed by atoms with Gasteiger partial charge in [-0.2, -0.15) is 13.2 Å². The fourth-order valence-corrected chi connectivity index (χ4v) is 1.44. The number of carbonyl (C=O) groups is 2. The van der Waals surface area contributed by atoms with Gasteiger partial charge in [0, 0.05) is 0 Å². The Bertz CT molecular complexity index is 714. The number of aromatic nitrogens is 2. The standard InChI is InChI=1S/C13H7F3N2O4/c14-13(15,16)7-2-1-3-8(4-7)22-12(21)10-6-17-9(5-18-10)11(19)20/h1-6H,(H,19,20). The fraction of sp³-hybridized carbons (Fsp3) is 0.0769. The Balaban J connectivity index is 2.17. The average molecular weight is 312 g/mol. The van der Waals surface area contributed by atoms with Crippen LogP contribution in [0.1, 0.15) is 26.5 Å². The molecular formula is C13H7F3N2O4. The number of hydrogen-bond acceptors (Lipinski definition) is 5. The molecule has 6 nitrogen and oxygen atoms in total. The summed E-state index contributed by atoms with van der Waals surface area (Å²) >= 11 is 0. The Morgan fingerprint density at radius 1 is 1.09 bits per heavy atom. The van der Waals surface area contributed by atoms with Crippen molar-refractivity contribution in [3.63, 3.8) is 0 Å². The molecule has 1 heterocycles. The van der Waals surface area contributed by atoms with Crippen LogP contribution in [0.2, 0.25) is 0 Å². The molecule has 2 aromatic rings. The van der Waals surface area contributed by atoms with Crippen molar-refractivity contribution in [2.75, 3.05) is 0 Å². The highest BCUT2D eigenvalue weighted by atomic mass is 19.4. The summed E-state index contributed by atoms with van der Waals surface area (Å²) in [5.41, 5.74) is -1.68. The number of benzene rings is 1. The van der Waals surface area contributed by atoms with Gasteiger partial charge in [0.15, 0.2) is 11.4 Å². The van der Waals surface area contributed by atoms with E-state index in [1.165, 1.54) is 6.07 Å². The summed E-state index contributed by atoms with van der Waals surface area (Å²) in [4.78, 5) is 29.3. The van der Waals surface area contributed by atoms with Crippen LogP contribution in [0.15, 0.2) is 36.7 Å². The molecule has 1 N–H and O–H groups in total. The maximum Gasteiger partial charge on any atom is 0.416 e. The van der Waals surface area contributed by atoms with E-state index in [1.54, 1.807) is 0 Å². The van der Waals surface area contributed by atoms with Crippen LogP contribution >= 0.6 is 0 Å². The first-order chi connectivity index (χ1) is 10.3. The quantitative estimate of drug-likeness (QED) is 0.691. The Morgan fingerprint density at radius 2 is 1.73 bits per heavy atom. The van der Waals surface area contributed by atoms with Crippen LogP contribution in [-0.2, 0) is 6.18 Å². The van der Waals surface area contributed by atoms with Gasteiger partial charge in [0.05, 0.1) is 18.0 Å². The number of halogens is 3. The fourth-order valence-electron chi connectivity index (χ4n) is 1.44. The molecule has 0 amide bonds. The lowest BCUT2D eigenvalue weighted by Gasteiger charge is -2.08. The Kier molecular flexibility index (Phi) is 4.06. The Hall–Kier alpha value is -2.97. The monoisotopic (exact) mass is 312 g/mol. The lowest BCUT2D eigenvalue weighted by molar-refractivity contribution is -0.137. The third-order valence-electron chi connectivity index (χ3n) is 2.45. The summed E-state index contributed by atoms with van der Waals surface area (Å²) < 4.78 is 42.3. The van der Waals surface area contributed by atoms with Gasteiger partial charge in [-0.15, -0.1) is 0 Å². The van der Waals surface area contributed by atoms with Crippen molar-refractivity contribution in [3.05, 3.63) is 53.6 Å². The highest BCUT2D eigenvalue weighted by Gasteiger charge is 2.30. The first-order valence-electron chi connectivity index (χ1n) is 5.72. The second-order valence-corrected chi connectivity index (χ2v) is 4.01. The minimum Gasteiger partial charge on any atom is -0.476 e.